The third-order valence-electron chi connectivity index (χ3n) is 4.61. The van der Waals surface area contributed by atoms with Crippen LogP contribution >= 0.6 is 0 Å². The quantitative estimate of drug-likeness (QED) is 0.325. The fourth-order valence-corrected chi connectivity index (χ4v) is 2.90. The number of aromatic nitrogens is 2. The Morgan fingerprint density at radius 2 is 1.84 bits per heavy atom. The number of esters is 1. The highest BCUT2D eigenvalue weighted by Crippen LogP contribution is 2.21. The first kappa shape index (κ1) is 20.3. The van der Waals surface area contributed by atoms with E-state index in [2.05, 4.69) is 24.0 Å². The van der Waals surface area contributed by atoms with Crippen LogP contribution in [0.3, 0.4) is 0 Å². The normalized spacial score (nSPS) is 11.1. The second-order valence-corrected chi connectivity index (χ2v) is 7.19. The molecule has 4 rings (SSSR count). The van der Waals surface area contributed by atoms with Crippen LogP contribution in [0.5, 0.6) is 5.75 Å². The molecule has 0 amide bonds. The number of fused-ring (bicyclic) bond motifs is 1. The summed E-state index contributed by atoms with van der Waals surface area (Å²) in [5, 5.41) is 4.67. The summed E-state index contributed by atoms with van der Waals surface area (Å²) in [6, 6.07) is 15.8. The summed E-state index contributed by atoms with van der Waals surface area (Å²) in [6.45, 7) is 3.76. The lowest BCUT2D eigenvalue weighted by Gasteiger charge is -2.06. The Hall–Kier alpha value is -3.94. The van der Waals surface area contributed by atoms with Crippen LogP contribution in [0.4, 0.5) is 0 Å². The van der Waals surface area contributed by atoms with Gasteiger partial charge in [0.05, 0.1) is 0 Å². The molecule has 0 atom stereocenters. The van der Waals surface area contributed by atoms with Crippen molar-refractivity contribution in [1.29, 1.82) is 0 Å². The average Bonchev–Trinajstić information content (AvgIpc) is 3.25. The van der Waals surface area contributed by atoms with Gasteiger partial charge in [0.2, 0.25) is 5.82 Å². The fraction of sp³-hybridized carbons (Fsp3) is 0.217. The van der Waals surface area contributed by atoms with E-state index in [-0.39, 0.29) is 19.1 Å². The molecule has 8 nitrogen and oxygen atoms in total. The predicted octanol–water partition coefficient (Wildman–Crippen LogP) is 4.09. The number of carbonyl (C=O) groups is 1. The zero-order valence-corrected chi connectivity index (χ0v) is 17.0. The standard InChI is InChI=1S/C23H20N2O6/c1-14(2)15-3-5-17(6-4-15)23-24-20(31-25-23)12-29-22(27)13-28-18-9-7-16-8-10-21(26)30-19(16)11-18/h3-11,14H,12-13H2,1-2H3. The third kappa shape index (κ3) is 4.98. The molecule has 0 aliphatic carbocycles. The number of rotatable bonds is 7. The van der Waals surface area contributed by atoms with E-state index in [0.717, 1.165) is 10.9 Å². The van der Waals surface area contributed by atoms with Crippen LogP contribution in [0.15, 0.2) is 68.3 Å². The molecule has 0 bridgehead atoms. The van der Waals surface area contributed by atoms with Gasteiger partial charge in [0.1, 0.15) is 11.3 Å². The molecular formula is C23H20N2O6. The van der Waals surface area contributed by atoms with Crippen LogP contribution in [0.2, 0.25) is 0 Å². The summed E-state index contributed by atoms with van der Waals surface area (Å²) >= 11 is 0. The van der Waals surface area contributed by atoms with Gasteiger partial charge in [-0.3, -0.25) is 0 Å². The lowest BCUT2D eigenvalue weighted by Crippen LogP contribution is -2.14. The van der Waals surface area contributed by atoms with Crippen molar-refractivity contribution in [2.45, 2.75) is 26.4 Å². The summed E-state index contributed by atoms with van der Waals surface area (Å²) in [5.74, 6) is 0.822. The largest absolute Gasteiger partial charge is 0.482 e. The molecule has 0 aliphatic rings. The van der Waals surface area contributed by atoms with Crippen molar-refractivity contribution in [3.05, 3.63) is 76.5 Å². The molecule has 0 aliphatic heterocycles. The molecule has 0 fully saturated rings. The van der Waals surface area contributed by atoms with E-state index in [1.807, 2.05) is 24.3 Å². The molecule has 2 aromatic carbocycles. The molecule has 2 heterocycles. The molecule has 0 spiro atoms. The smallest absolute Gasteiger partial charge is 0.344 e. The summed E-state index contributed by atoms with van der Waals surface area (Å²) < 4.78 is 20.8. The van der Waals surface area contributed by atoms with Crippen molar-refractivity contribution < 1.29 is 23.2 Å². The molecule has 4 aromatic rings. The number of hydrogen-bond acceptors (Lipinski definition) is 8. The van der Waals surface area contributed by atoms with Crippen LogP contribution in [-0.4, -0.2) is 22.7 Å². The van der Waals surface area contributed by atoms with Gasteiger partial charge in [0.15, 0.2) is 13.2 Å². The number of nitrogens with zero attached hydrogens (tertiary/aromatic N) is 2. The summed E-state index contributed by atoms with van der Waals surface area (Å²) in [5.41, 5.74) is 1.95. The van der Waals surface area contributed by atoms with Crippen molar-refractivity contribution in [2.75, 3.05) is 6.61 Å². The molecule has 2 aromatic heterocycles. The number of hydrogen-bond donors (Lipinski definition) is 0. The average molecular weight is 420 g/mol. The Bertz CT molecular complexity index is 1260. The Morgan fingerprint density at radius 1 is 1.06 bits per heavy atom. The van der Waals surface area contributed by atoms with E-state index in [4.69, 9.17) is 18.4 Å². The first-order valence-corrected chi connectivity index (χ1v) is 9.73. The predicted molar refractivity (Wildman–Crippen MR) is 112 cm³/mol. The monoisotopic (exact) mass is 420 g/mol. The van der Waals surface area contributed by atoms with Gasteiger partial charge >= 0.3 is 11.6 Å². The second-order valence-electron chi connectivity index (χ2n) is 7.19. The van der Waals surface area contributed by atoms with Gasteiger partial charge in [-0.25, -0.2) is 9.59 Å². The maximum Gasteiger partial charge on any atom is 0.344 e. The van der Waals surface area contributed by atoms with Crippen molar-refractivity contribution >= 4 is 16.9 Å². The molecule has 158 valence electrons. The zero-order valence-electron chi connectivity index (χ0n) is 17.0. The summed E-state index contributed by atoms with van der Waals surface area (Å²) in [4.78, 5) is 27.5. The van der Waals surface area contributed by atoms with Crippen LogP contribution in [0.1, 0.15) is 31.2 Å². The van der Waals surface area contributed by atoms with E-state index >= 15 is 0 Å². The topological polar surface area (TPSA) is 105 Å². The van der Waals surface area contributed by atoms with Gasteiger partial charge in [0, 0.05) is 23.1 Å². The number of benzene rings is 2. The van der Waals surface area contributed by atoms with Gasteiger partial charge in [-0.2, -0.15) is 4.98 Å². The molecule has 0 unspecified atom stereocenters. The van der Waals surface area contributed by atoms with Crippen molar-refractivity contribution in [3.63, 3.8) is 0 Å². The van der Waals surface area contributed by atoms with Gasteiger partial charge in [-0.1, -0.05) is 43.3 Å². The second kappa shape index (κ2) is 8.83. The van der Waals surface area contributed by atoms with Crippen LogP contribution in [0, 0.1) is 0 Å². The van der Waals surface area contributed by atoms with Gasteiger partial charge in [-0.05, 0) is 29.7 Å². The minimum atomic E-state index is -0.601. The fourth-order valence-electron chi connectivity index (χ4n) is 2.90. The molecule has 8 heteroatoms. The first-order chi connectivity index (χ1) is 15.0. The Balaban J connectivity index is 1.30. The van der Waals surface area contributed by atoms with E-state index in [1.165, 1.54) is 11.6 Å². The van der Waals surface area contributed by atoms with Crippen molar-refractivity contribution in [3.8, 4) is 17.1 Å². The zero-order chi connectivity index (χ0) is 21.8. The lowest BCUT2D eigenvalue weighted by atomic mass is 10.0. The highest BCUT2D eigenvalue weighted by Gasteiger charge is 2.12. The molecule has 0 radical (unpaired) electrons. The highest BCUT2D eigenvalue weighted by molar-refractivity contribution is 5.78. The minimum absolute atomic E-state index is 0.161. The number of carbonyl (C=O) groups excluding carboxylic acids is 1. The number of ether oxygens (including phenoxy) is 2. The third-order valence-corrected chi connectivity index (χ3v) is 4.61. The SMILES string of the molecule is CC(C)c1ccc(-c2noc(COC(=O)COc3ccc4ccc(=O)oc4c3)n2)cc1. The van der Waals surface area contributed by atoms with Crippen LogP contribution in [0.25, 0.3) is 22.4 Å². The Labute approximate surface area is 177 Å². The molecule has 0 N–H and O–H groups in total. The van der Waals surface area contributed by atoms with Gasteiger partial charge < -0.3 is 18.4 Å². The Morgan fingerprint density at radius 3 is 2.61 bits per heavy atom. The maximum atomic E-state index is 12.0. The van der Waals surface area contributed by atoms with Gasteiger partial charge in [0.25, 0.3) is 5.89 Å². The molecular weight excluding hydrogens is 400 g/mol. The Kier molecular flexibility index (Phi) is 5.79. The minimum Gasteiger partial charge on any atom is -0.482 e. The van der Waals surface area contributed by atoms with E-state index in [0.29, 0.717) is 23.1 Å². The molecule has 0 saturated heterocycles. The lowest BCUT2D eigenvalue weighted by molar-refractivity contribution is -0.148. The highest BCUT2D eigenvalue weighted by atomic mass is 16.6. The van der Waals surface area contributed by atoms with Gasteiger partial charge in [-0.15, -0.1) is 0 Å². The maximum absolute atomic E-state index is 12.0. The van der Waals surface area contributed by atoms with E-state index in [1.54, 1.807) is 24.3 Å². The van der Waals surface area contributed by atoms with Crippen LogP contribution in [-0.2, 0) is 16.1 Å². The van der Waals surface area contributed by atoms with Crippen LogP contribution < -0.4 is 10.4 Å². The van der Waals surface area contributed by atoms with E-state index < -0.39 is 11.6 Å². The molecule has 31 heavy (non-hydrogen) atoms. The summed E-state index contributed by atoms with van der Waals surface area (Å²) in [7, 11) is 0. The van der Waals surface area contributed by atoms with E-state index in [9.17, 15) is 9.59 Å². The van der Waals surface area contributed by atoms with Crippen molar-refractivity contribution in [1.82, 2.24) is 10.1 Å². The van der Waals surface area contributed by atoms with Crippen molar-refractivity contribution in [2.24, 2.45) is 0 Å². The first-order valence-electron chi connectivity index (χ1n) is 9.73. The molecule has 0 saturated carbocycles. The summed E-state index contributed by atoms with van der Waals surface area (Å²) in [6.07, 6.45) is 0.